The summed E-state index contributed by atoms with van der Waals surface area (Å²) in [6, 6.07) is 0. The lowest BCUT2D eigenvalue weighted by Gasteiger charge is -2.11. The molecule has 2 heterocycles. The number of nitrogens with zero attached hydrogens (tertiary/aromatic N) is 2. The number of thiazole rings is 1. The summed E-state index contributed by atoms with van der Waals surface area (Å²) >= 11 is 7.46. The molecule has 0 unspecified atom stereocenters. The first kappa shape index (κ1) is 11.4. The van der Waals surface area contributed by atoms with Crippen molar-refractivity contribution in [3.63, 3.8) is 0 Å². The minimum atomic E-state index is -0.479. The average molecular weight is 258 g/mol. The summed E-state index contributed by atoms with van der Waals surface area (Å²) in [6.07, 6.45) is 5.31. The molecule has 0 spiro atoms. The standard InChI is InChI=1S/C10H12ClN3OS/c11-9-7(3-4-8(12)15)16-10(13-9)14-5-1-2-6-14/h3-4H,1-2,5-6H2,(H2,12,15)/b4-3+. The summed E-state index contributed by atoms with van der Waals surface area (Å²) in [7, 11) is 0. The van der Waals surface area contributed by atoms with Gasteiger partial charge in [-0.3, -0.25) is 4.79 Å². The van der Waals surface area contributed by atoms with E-state index in [1.807, 2.05) is 0 Å². The van der Waals surface area contributed by atoms with Crippen LogP contribution in [0, 0.1) is 0 Å². The van der Waals surface area contributed by atoms with Crippen LogP contribution in [0.3, 0.4) is 0 Å². The van der Waals surface area contributed by atoms with Crippen molar-refractivity contribution in [2.75, 3.05) is 18.0 Å². The normalized spacial score (nSPS) is 16.2. The van der Waals surface area contributed by atoms with Gasteiger partial charge < -0.3 is 10.6 Å². The van der Waals surface area contributed by atoms with Crippen molar-refractivity contribution in [1.82, 2.24) is 4.98 Å². The highest BCUT2D eigenvalue weighted by atomic mass is 35.5. The topological polar surface area (TPSA) is 59.2 Å². The molecule has 1 saturated heterocycles. The molecule has 2 N–H and O–H groups in total. The van der Waals surface area contributed by atoms with Crippen molar-refractivity contribution in [3.05, 3.63) is 16.1 Å². The van der Waals surface area contributed by atoms with E-state index in [4.69, 9.17) is 17.3 Å². The smallest absolute Gasteiger partial charge is 0.241 e. The summed E-state index contributed by atoms with van der Waals surface area (Å²) in [5.74, 6) is -0.479. The van der Waals surface area contributed by atoms with Crippen molar-refractivity contribution in [1.29, 1.82) is 0 Å². The summed E-state index contributed by atoms with van der Waals surface area (Å²) in [5.41, 5.74) is 5.02. The largest absolute Gasteiger partial charge is 0.366 e. The molecule has 0 radical (unpaired) electrons. The summed E-state index contributed by atoms with van der Waals surface area (Å²) < 4.78 is 0. The third-order valence-corrected chi connectivity index (χ3v) is 3.86. The molecule has 1 aliphatic heterocycles. The van der Waals surface area contributed by atoms with Crippen molar-refractivity contribution in [3.8, 4) is 0 Å². The number of carbonyl (C=O) groups excluding carboxylic acids is 1. The number of hydrogen-bond acceptors (Lipinski definition) is 4. The zero-order chi connectivity index (χ0) is 11.5. The number of rotatable bonds is 3. The van der Waals surface area contributed by atoms with Crippen LogP contribution in [0.4, 0.5) is 5.13 Å². The fourth-order valence-corrected chi connectivity index (χ4v) is 2.83. The Kier molecular flexibility index (Phi) is 3.46. The first-order chi connectivity index (χ1) is 7.66. The van der Waals surface area contributed by atoms with Crippen LogP contribution in [0.5, 0.6) is 0 Å². The highest BCUT2D eigenvalue weighted by Gasteiger charge is 2.17. The molecule has 0 aliphatic carbocycles. The number of amides is 1. The van der Waals surface area contributed by atoms with Gasteiger partial charge in [0, 0.05) is 19.2 Å². The molecule has 86 valence electrons. The van der Waals surface area contributed by atoms with E-state index in [-0.39, 0.29) is 0 Å². The number of halogens is 1. The molecule has 1 amide bonds. The summed E-state index contributed by atoms with van der Waals surface area (Å²) in [6.45, 7) is 2.06. The summed E-state index contributed by atoms with van der Waals surface area (Å²) in [4.78, 5) is 17.9. The van der Waals surface area contributed by atoms with Gasteiger partial charge in [-0.15, -0.1) is 0 Å². The fraction of sp³-hybridized carbons (Fsp3) is 0.400. The van der Waals surface area contributed by atoms with E-state index in [0.717, 1.165) is 23.1 Å². The molecule has 0 atom stereocenters. The molecule has 0 bridgehead atoms. The maximum absolute atomic E-state index is 10.6. The SMILES string of the molecule is NC(=O)/C=C/c1sc(N2CCCC2)nc1Cl. The van der Waals surface area contributed by atoms with Gasteiger partial charge in [0.15, 0.2) is 5.13 Å². The highest BCUT2D eigenvalue weighted by Crippen LogP contribution is 2.32. The Hall–Kier alpha value is -1.07. The molecule has 0 saturated carbocycles. The quantitative estimate of drug-likeness (QED) is 0.842. The van der Waals surface area contributed by atoms with Crippen LogP contribution < -0.4 is 10.6 Å². The number of primary amides is 1. The van der Waals surface area contributed by atoms with Crippen LogP contribution >= 0.6 is 22.9 Å². The molecule has 1 aromatic heterocycles. The number of nitrogens with two attached hydrogens (primary N) is 1. The Labute approximate surface area is 103 Å². The Bertz CT molecular complexity index is 424. The van der Waals surface area contributed by atoms with Crippen molar-refractivity contribution < 1.29 is 4.79 Å². The number of carbonyl (C=O) groups is 1. The lowest BCUT2D eigenvalue weighted by Crippen LogP contribution is -2.16. The zero-order valence-corrected chi connectivity index (χ0v) is 10.2. The van der Waals surface area contributed by atoms with Gasteiger partial charge >= 0.3 is 0 Å². The molecular formula is C10H12ClN3OS. The fourth-order valence-electron chi connectivity index (χ4n) is 1.61. The molecule has 4 nitrogen and oxygen atoms in total. The van der Waals surface area contributed by atoms with E-state index in [0.29, 0.717) is 5.15 Å². The Balaban J connectivity index is 2.17. The third kappa shape index (κ3) is 2.54. The average Bonchev–Trinajstić information content (AvgIpc) is 2.83. The van der Waals surface area contributed by atoms with Crippen LogP contribution in [0.1, 0.15) is 17.7 Å². The Morgan fingerprint density at radius 1 is 1.50 bits per heavy atom. The van der Waals surface area contributed by atoms with E-state index in [1.165, 1.54) is 30.3 Å². The Morgan fingerprint density at radius 3 is 2.81 bits per heavy atom. The van der Waals surface area contributed by atoms with E-state index in [9.17, 15) is 4.79 Å². The Morgan fingerprint density at radius 2 is 2.19 bits per heavy atom. The maximum Gasteiger partial charge on any atom is 0.241 e. The van der Waals surface area contributed by atoms with E-state index < -0.39 is 5.91 Å². The molecule has 0 aromatic carbocycles. The van der Waals surface area contributed by atoms with Crippen LogP contribution in [0.25, 0.3) is 6.08 Å². The molecule has 1 aromatic rings. The van der Waals surface area contributed by atoms with E-state index >= 15 is 0 Å². The van der Waals surface area contributed by atoms with Crippen molar-refractivity contribution in [2.45, 2.75) is 12.8 Å². The van der Waals surface area contributed by atoms with Gasteiger partial charge in [0.1, 0.15) is 5.15 Å². The third-order valence-electron chi connectivity index (χ3n) is 2.37. The molecule has 16 heavy (non-hydrogen) atoms. The van der Waals surface area contributed by atoms with Crippen LogP contribution in [-0.4, -0.2) is 24.0 Å². The van der Waals surface area contributed by atoms with Crippen molar-refractivity contribution in [2.24, 2.45) is 5.73 Å². The van der Waals surface area contributed by atoms with Gasteiger partial charge in [-0.25, -0.2) is 4.98 Å². The highest BCUT2D eigenvalue weighted by molar-refractivity contribution is 7.17. The van der Waals surface area contributed by atoms with Crippen LogP contribution in [0.15, 0.2) is 6.08 Å². The predicted molar refractivity (Wildman–Crippen MR) is 66.8 cm³/mol. The number of aromatic nitrogens is 1. The van der Waals surface area contributed by atoms with Gasteiger partial charge in [-0.2, -0.15) is 0 Å². The zero-order valence-electron chi connectivity index (χ0n) is 8.65. The van der Waals surface area contributed by atoms with Crippen LogP contribution in [-0.2, 0) is 4.79 Å². The second kappa shape index (κ2) is 4.84. The maximum atomic E-state index is 10.6. The molecule has 1 aliphatic rings. The minimum absolute atomic E-state index is 0.435. The van der Waals surface area contributed by atoms with Crippen molar-refractivity contribution >= 4 is 40.1 Å². The monoisotopic (exact) mass is 257 g/mol. The molecule has 2 rings (SSSR count). The predicted octanol–water partition coefficient (Wildman–Crippen LogP) is 1.90. The van der Waals surface area contributed by atoms with Gasteiger partial charge in [0.2, 0.25) is 5.91 Å². The van der Waals surface area contributed by atoms with E-state index in [2.05, 4.69) is 9.88 Å². The molecular weight excluding hydrogens is 246 g/mol. The second-order valence-corrected chi connectivity index (χ2v) is 4.95. The van der Waals surface area contributed by atoms with Gasteiger partial charge in [-0.1, -0.05) is 22.9 Å². The summed E-state index contributed by atoms with van der Waals surface area (Å²) in [5, 5.41) is 1.36. The lowest BCUT2D eigenvalue weighted by molar-refractivity contribution is -0.113. The lowest BCUT2D eigenvalue weighted by atomic mass is 10.4. The first-order valence-electron chi connectivity index (χ1n) is 5.05. The van der Waals surface area contributed by atoms with E-state index in [1.54, 1.807) is 6.08 Å². The van der Waals surface area contributed by atoms with Gasteiger partial charge in [0.25, 0.3) is 0 Å². The van der Waals surface area contributed by atoms with Gasteiger partial charge in [-0.05, 0) is 18.9 Å². The molecule has 1 fully saturated rings. The first-order valence-corrected chi connectivity index (χ1v) is 6.25. The second-order valence-electron chi connectivity index (χ2n) is 3.58. The molecule has 6 heteroatoms. The van der Waals surface area contributed by atoms with Gasteiger partial charge in [0.05, 0.1) is 4.88 Å². The number of anilines is 1. The van der Waals surface area contributed by atoms with Crippen LogP contribution in [0.2, 0.25) is 5.15 Å². The minimum Gasteiger partial charge on any atom is -0.366 e. The number of hydrogen-bond donors (Lipinski definition) is 1.